The Kier molecular flexibility index (Phi) is 6.57. The van der Waals surface area contributed by atoms with Crippen LogP contribution in [0.5, 0.6) is 0 Å². The summed E-state index contributed by atoms with van der Waals surface area (Å²) in [5.74, 6) is -0.772. The molecule has 1 N–H and O–H groups in total. The number of hydrogen-bond donors (Lipinski definition) is 1. The van der Waals surface area contributed by atoms with Crippen molar-refractivity contribution in [3.8, 4) is 11.3 Å². The largest absolute Gasteiger partial charge is 0.311 e. The first-order chi connectivity index (χ1) is 16.1. The zero-order valence-corrected chi connectivity index (χ0v) is 21.0. The zero-order chi connectivity index (χ0) is 24.6. The predicted octanol–water partition coefficient (Wildman–Crippen LogP) is 3.67. The first-order valence-electron chi connectivity index (χ1n) is 10.7. The average Bonchev–Trinajstić information content (AvgIpc) is 3.42. The van der Waals surface area contributed by atoms with Gasteiger partial charge in [0.05, 0.1) is 16.5 Å². The summed E-state index contributed by atoms with van der Waals surface area (Å²) in [5.41, 5.74) is 4.35. The van der Waals surface area contributed by atoms with Crippen molar-refractivity contribution in [2.75, 3.05) is 30.9 Å². The molecule has 1 aromatic heterocycles. The molecular weight excluding hydrogens is 472 g/mol. The lowest BCUT2D eigenvalue weighted by molar-refractivity contribution is -0.122. The molecule has 2 heterocycles. The summed E-state index contributed by atoms with van der Waals surface area (Å²) in [5, 5.41) is 5.06. The van der Waals surface area contributed by atoms with E-state index in [-0.39, 0.29) is 23.1 Å². The third-order valence-electron chi connectivity index (χ3n) is 6.03. The van der Waals surface area contributed by atoms with Crippen LogP contribution in [-0.2, 0) is 19.6 Å². The molecule has 2 aromatic carbocycles. The second-order valence-corrected chi connectivity index (χ2v) is 11.5. The molecule has 1 saturated heterocycles. The van der Waals surface area contributed by atoms with Crippen molar-refractivity contribution in [1.82, 2.24) is 9.29 Å². The zero-order valence-electron chi connectivity index (χ0n) is 19.4. The van der Waals surface area contributed by atoms with E-state index in [0.29, 0.717) is 17.4 Å². The summed E-state index contributed by atoms with van der Waals surface area (Å²) >= 11 is 1.28. The van der Waals surface area contributed by atoms with E-state index in [9.17, 15) is 18.0 Å². The van der Waals surface area contributed by atoms with Crippen molar-refractivity contribution >= 4 is 44.0 Å². The fraction of sp³-hybridized carbons (Fsp3) is 0.292. The van der Waals surface area contributed by atoms with E-state index in [1.807, 2.05) is 32.0 Å². The van der Waals surface area contributed by atoms with Crippen molar-refractivity contribution in [2.45, 2.75) is 25.2 Å². The number of hydrogen-bond acceptors (Lipinski definition) is 6. The van der Waals surface area contributed by atoms with Gasteiger partial charge in [0.15, 0.2) is 5.13 Å². The van der Waals surface area contributed by atoms with E-state index in [1.165, 1.54) is 37.6 Å². The van der Waals surface area contributed by atoms with E-state index >= 15 is 0 Å². The summed E-state index contributed by atoms with van der Waals surface area (Å²) in [4.78, 5) is 31.8. The summed E-state index contributed by atoms with van der Waals surface area (Å²) < 4.78 is 25.6. The molecule has 1 aliphatic heterocycles. The standard InChI is InChI=1S/C24H26N4O4S2/c1-15-6-5-7-21(16(15)2)28-13-18(12-22(28)29)23(30)26-24-25-20(14-33-24)17-8-10-19(11-9-17)34(31,32)27(3)4/h5-11,14,18H,12-13H2,1-4H3,(H,25,26,30). The highest BCUT2D eigenvalue weighted by Crippen LogP contribution is 2.31. The molecule has 4 rings (SSSR count). The molecule has 1 unspecified atom stereocenters. The molecule has 0 bridgehead atoms. The van der Waals surface area contributed by atoms with Crippen LogP contribution >= 0.6 is 11.3 Å². The van der Waals surface area contributed by atoms with Gasteiger partial charge in [-0.1, -0.05) is 24.3 Å². The van der Waals surface area contributed by atoms with Crippen LogP contribution in [0, 0.1) is 19.8 Å². The topological polar surface area (TPSA) is 99.7 Å². The molecule has 0 spiro atoms. The number of aromatic nitrogens is 1. The van der Waals surface area contributed by atoms with Crippen LogP contribution in [0.25, 0.3) is 11.3 Å². The van der Waals surface area contributed by atoms with Gasteiger partial charge >= 0.3 is 0 Å². The lowest BCUT2D eigenvalue weighted by Crippen LogP contribution is -2.28. The molecule has 1 aliphatic rings. The number of sulfonamides is 1. The number of carbonyl (C=O) groups is 2. The lowest BCUT2D eigenvalue weighted by Gasteiger charge is -2.20. The molecule has 0 radical (unpaired) electrons. The van der Waals surface area contributed by atoms with Crippen molar-refractivity contribution in [2.24, 2.45) is 5.92 Å². The lowest BCUT2D eigenvalue weighted by atomic mass is 10.1. The minimum atomic E-state index is -3.50. The smallest absolute Gasteiger partial charge is 0.242 e. The van der Waals surface area contributed by atoms with Gasteiger partial charge in [-0.05, 0) is 43.2 Å². The van der Waals surface area contributed by atoms with Gasteiger partial charge in [-0.2, -0.15) is 0 Å². The molecule has 3 aromatic rings. The number of carbonyl (C=O) groups excluding carboxylic acids is 2. The van der Waals surface area contributed by atoms with Crippen molar-refractivity contribution < 1.29 is 18.0 Å². The molecule has 10 heteroatoms. The van der Waals surface area contributed by atoms with Crippen LogP contribution < -0.4 is 10.2 Å². The Hall–Kier alpha value is -3.08. The summed E-state index contributed by atoms with van der Waals surface area (Å²) in [6.07, 6.45) is 0.152. The highest BCUT2D eigenvalue weighted by molar-refractivity contribution is 7.89. The SMILES string of the molecule is Cc1cccc(N2CC(C(=O)Nc3nc(-c4ccc(S(=O)(=O)N(C)C)cc4)cs3)CC2=O)c1C. The number of nitrogens with zero attached hydrogens (tertiary/aromatic N) is 3. The summed E-state index contributed by atoms with van der Waals surface area (Å²) in [6.45, 7) is 4.30. The Morgan fingerprint density at radius 3 is 2.53 bits per heavy atom. The van der Waals surface area contributed by atoms with E-state index in [2.05, 4.69) is 10.3 Å². The Morgan fingerprint density at radius 2 is 1.85 bits per heavy atom. The number of nitrogens with one attached hydrogen (secondary N) is 1. The number of anilines is 2. The van der Waals surface area contributed by atoms with Gasteiger partial charge in [0.1, 0.15) is 0 Å². The van der Waals surface area contributed by atoms with Crippen LogP contribution in [0.4, 0.5) is 10.8 Å². The normalized spacial score (nSPS) is 16.3. The minimum absolute atomic E-state index is 0.0681. The van der Waals surface area contributed by atoms with Gasteiger partial charge in [0.2, 0.25) is 21.8 Å². The number of aryl methyl sites for hydroxylation is 1. The van der Waals surface area contributed by atoms with Crippen LogP contribution in [0.15, 0.2) is 52.7 Å². The second-order valence-electron chi connectivity index (χ2n) is 8.46. The number of amides is 2. The van der Waals surface area contributed by atoms with Crippen LogP contribution in [0.2, 0.25) is 0 Å². The molecule has 8 nitrogen and oxygen atoms in total. The van der Waals surface area contributed by atoms with Gasteiger partial charge in [-0.3, -0.25) is 9.59 Å². The Balaban J connectivity index is 1.44. The third-order valence-corrected chi connectivity index (χ3v) is 8.61. The Morgan fingerprint density at radius 1 is 1.15 bits per heavy atom. The second kappa shape index (κ2) is 9.28. The highest BCUT2D eigenvalue weighted by Gasteiger charge is 2.36. The molecular formula is C24H26N4O4S2. The van der Waals surface area contributed by atoms with Gasteiger partial charge in [0.25, 0.3) is 0 Å². The van der Waals surface area contributed by atoms with E-state index in [0.717, 1.165) is 26.7 Å². The summed E-state index contributed by atoms with van der Waals surface area (Å²) in [6, 6.07) is 12.3. The van der Waals surface area contributed by atoms with Gasteiger partial charge < -0.3 is 10.2 Å². The first kappa shape index (κ1) is 24.1. The fourth-order valence-corrected chi connectivity index (χ4v) is 5.45. The quantitative estimate of drug-likeness (QED) is 0.559. The number of rotatable bonds is 6. The molecule has 1 atom stereocenters. The molecule has 34 heavy (non-hydrogen) atoms. The molecule has 0 aliphatic carbocycles. The number of thiazole rings is 1. The Bertz CT molecular complexity index is 1350. The van der Waals surface area contributed by atoms with Crippen molar-refractivity contribution in [3.63, 3.8) is 0 Å². The van der Waals surface area contributed by atoms with E-state index < -0.39 is 15.9 Å². The maximum absolute atomic E-state index is 12.9. The number of benzene rings is 2. The molecule has 2 amide bonds. The van der Waals surface area contributed by atoms with E-state index in [1.54, 1.807) is 22.4 Å². The predicted molar refractivity (Wildman–Crippen MR) is 133 cm³/mol. The molecule has 1 fully saturated rings. The van der Waals surface area contributed by atoms with Crippen LogP contribution in [0.3, 0.4) is 0 Å². The summed E-state index contributed by atoms with van der Waals surface area (Å²) in [7, 11) is -0.535. The minimum Gasteiger partial charge on any atom is -0.311 e. The maximum Gasteiger partial charge on any atom is 0.242 e. The third kappa shape index (κ3) is 4.61. The fourth-order valence-electron chi connectivity index (χ4n) is 3.82. The van der Waals surface area contributed by atoms with Gasteiger partial charge in [-0.25, -0.2) is 17.7 Å². The van der Waals surface area contributed by atoms with Crippen LogP contribution in [-0.4, -0.2) is 50.2 Å². The Labute approximate surface area is 203 Å². The molecule has 178 valence electrons. The monoisotopic (exact) mass is 498 g/mol. The van der Waals surface area contributed by atoms with Crippen molar-refractivity contribution in [3.05, 3.63) is 59.0 Å². The average molecular weight is 499 g/mol. The van der Waals surface area contributed by atoms with Gasteiger partial charge in [-0.15, -0.1) is 11.3 Å². The molecule has 0 saturated carbocycles. The van der Waals surface area contributed by atoms with E-state index in [4.69, 9.17) is 0 Å². The maximum atomic E-state index is 12.9. The van der Waals surface area contributed by atoms with Crippen molar-refractivity contribution in [1.29, 1.82) is 0 Å². The first-order valence-corrected chi connectivity index (χ1v) is 13.1. The van der Waals surface area contributed by atoms with Gasteiger partial charge in [0, 0.05) is 43.7 Å². The highest BCUT2D eigenvalue weighted by atomic mass is 32.2. The van der Waals surface area contributed by atoms with Crippen LogP contribution in [0.1, 0.15) is 17.5 Å².